The minimum absolute atomic E-state index is 0.600. The zero-order valence-electron chi connectivity index (χ0n) is 9.88. The van der Waals surface area contributed by atoms with Gasteiger partial charge in [-0.05, 0) is 49.9 Å². The number of hydrogen-bond acceptors (Lipinski definition) is 2. The van der Waals surface area contributed by atoms with E-state index in [-0.39, 0.29) is 0 Å². The van der Waals surface area contributed by atoms with Gasteiger partial charge in [-0.3, -0.25) is 0 Å². The molecule has 1 saturated carbocycles. The third-order valence-corrected chi connectivity index (χ3v) is 4.93. The second kappa shape index (κ2) is 5.58. The first kappa shape index (κ1) is 11.8. The van der Waals surface area contributed by atoms with Crippen LogP contribution in [0.25, 0.3) is 0 Å². The van der Waals surface area contributed by atoms with Gasteiger partial charge in [0.15, 0.2) is 0 Å². The summed E-state index contributed by atoms with van der Waals surface area (Å²) in [5.41, 5.74) is 0.600. The molecule has 0 atom stereocenters. The number of thiol groups is 1. The van der Waals surface area contributed by atoms with Crippen LogP contribution in [0.15, 0.2) is 0 Å². The van der Waals surface area contributed by atoms with Gasteiger partial charge >= 0.3 is 0 Å². The zero-order chi connectivity index (χ0) is 10.6. The largest absolute Gasteiger partial charge is 0.303 e. The van der Waals surface area contributed by atoms with Gasteiger partial charge in [-0.15, -0.1) is 0 Å². The molecule has 15 heavy (non-hydrogen) atoms. The minimum atomic E-state index is 0.600. The summed E-state index contributed by atoms with van der Waals surface area (Å²) in [6.07, 6.45) is 11.5. The SMILES string of the molecule is SCC1(CN2CCCCCCC2)CCC1. The van der Waals surface area contributed by atoms with Crippen molar-refractivity contribution >= 4 is 12.6 Å². The second-order valence-corrected chi connectivity index (χ2v) is 5.87. The highest BCUT2D eigenvalue weighted by molar-refractivity contribution is 7.80. The van der Waals surface area contributed by atoms with Crippen molar-refractivity contribution in [3.05, 3.63) is 0 Å². The summed E-state index contributed by atoms with van der Waals surface area (Å²) in [5, 5.41) is 0. The van der Waals surface area contributed by atoms with Crippen LogP contribution >= 0.6 is 12.6 Å². The minimum Gasteiger partial charge on any atom is -0.303 e. The van der Waals surface area contributed by atoms with Gasteiger partial charge in [0.2, 0.25) is 0 Å². The monoisotopic (exact) mass is 227 g/mol. The van der Waals surface area contributed by atoms with E-state index in [9.17, 15) is 0 Å². The van der Waals surface area contributed by atoms with E-state index in [1.165, 1.54) is 71.0 Å². The van der Waals surface area contributed by atoms with Crippen LogP contribution in [0, 0.1) is 5.41 Å². The summed E-state index contributed by atoms with van der Waals surface area (Å²) in [5.74, 6) is 1.10. The Balaban J connectivity index is 1.80. The van der Waals surface area contributed by atoms with Crippen LogP contribution in [-0.4, -0.2) is 30.3 Å². The summed E-state index contributed by atoms with van der Waals surface area (Å²) < 4.78 is 0. The summed E-state index contributed by atoms with van der Waals surface area (Å²) >= 11 is 4.55. The van der Waals surface area contributed by atoms with Gasteiger partial charge < -0.3 is 4.90 Å². The quantitative estimate of drug-likeness (QED) is 0.724. The van der Waals surface area contributed by atoms with Crippen molar-refractivity contribution in [2.75, 3.05) is 25.4 Å². The Kier molecular flexibility index (Phi) is 4.39. The number of nitrogens with zero attached hydrogens (tertiary/aromatic N) is 1. The van der Waals surface area contributed by atoms with Crippen LogP contribution in [0.1, 0.15) is 51.4 Å². The maximum atomic E-state index is 4.55. The molecule has 0 bridgehead atoms. The Morgan fingerprint density at radius 2 is 1.47 bits per heavy atom. The molecule has 0 unspecified atom stereocenters. The van der Waals surface area contributed by atoms with E-state index >= 15 is 0 Å². The highest BCUT2D eigenvalue weighted by atomic mass is 32.1. The Labute approximate surface area is 100 Å². The van der Waals surface area contributed by atoms with Crippen LogP contribution in [0.4, 0.5) is 0 Å². The van der Waals surface area contributed by atoms with E-state index in [4.69, 9.17) is 0 Å². The van der Waals surface area contributed by atoms with Gasteiger partial charge in [0, 0.05) is 6.54 Å². The fraction of sp³-hybridized carbons (Fsp3) is 1.00. The first-order valence-electron chi connectivity index (χ1n) is 6.68. The molecule has 1 aliphatic carbocycles. The molecule has 1 saturated heterocycles. The van der Waals surface area contributed by atoms with Crippen LogP contribution < -0.4 is 0 Å². The van der Waals surface area contributed by atoms with Gasteiger partial charge in [-0.25, -0.2) is 0 Å². The average molecular weight is 227 g/mol. The van der Waals surface area contributed by atoms with Gasteiger partial charge in [0.05, 0.1) is 0 Å². The molecule has 0 aromatic carbocycles. The van der Waals surface area contributed by atoms with Gasteiger partial charge in [-0.1, -0.05) is 25.7 Å². The lowest BCUT2D eigenvalue weighted by atomic mass is 9.70. The highest BCUT2D eigenvalue weighted by Crippen LogP contribution is 2.42. The first-order chi connectivity index (χ1) is 7.35. The van der Waals surface area contributed by atoms with E-state index < -0.39 is 0 Å². The Morgan fingerprint density at radius 3 is 1.93 bits per heavy atom. The molecule has 1 heterocycles. The van der Waals surface area contributed by atoms with Crippen molar-refractivity contribution in [2.24, 2.45) is 5.41 Å². The van der Waals surface area contributed by atoms with Crippen molar-refractivity contribution in [3.63, 3.8) is 0 Å². The van der Waals surface area contributed by atoms with Crippen molar-refractivity contribution < 1.29 is 0 Å². The molecule has 0 amide bonds. The lowest BCUT2D eigenvalue weighted by Crippen LogP contribution is -2.44. The molecule has 0 spiro atoms. The van der Waals surface area contributed by atoms with Gasteiger partial charge in [0.25, 0.3) is 0 Å². The van der Waals surface area contributed by atoms with Crippen molar-refractivity contribution in [2.45, 2.75) is 51.4 Å². The maximum Gasteiger partial charge on any atom is 0.00458 e. The van der Waals surface area contributed by atoms with Crippen LogP contribution in [0.2, 0.25) is 0 Å². The molecule has 2 heteroatoms. The van der Waals surface area contributed by atoms with Gasteiger partial charge in [-0.2, -0.15) is 12.6 Å². The molecule has 1 nitrogen and oxygen atoms in total. The molecule has 1 aliphatic heterocycles. The zero-order valence-corrected chi connectivity index (χ0v) is 10.8. The van der Waals surface area contributed by atoms with Crippen molar-refractivity contribution in [1.82, 2.24) is 4.90 Å². The lowest BCUT2D eigenvalue weighted by Gasteiger charge is -2.44. The van der Waals surface area contributed by atoms with Crippen LogP contribution in [-0.2, 0) is 0 Å². The summed E-state index contributed by atoms with van der Waals surface area (Å²) in [6.45, 7) is 4.02. The Morgan fingerprint density at radius 1 is 0.867 bits per heavy atom. The molecule has 88 valence electrons. The summed E-state index contributed by atoms with van der Waals surface area (Å²) in [4.78, 5) is 2.72. The van der Waals surface area contributed by atoms with Crippen molar-refractivity contribution in [3.8, 4) is 0 Å². The Hall–Kier alpha value is 0.310. The fourth-order valence-electron chi connectivity index (χ4n) is 2.99. The molecular weight excluding hydrogens is 202 g/mol. The van der Waals surface area contributed by atoms with E-state index in [2.05, 4.69) is 17.5 Å². The smallest absolute Gasteiger partial charge is 0.00458 e. The third kappa shape index (κ3) is 3.13. The Bertz CT molecular complexity index is 175. The lowest BCUT2D eigenvalue weighted by molar-refractivity contribution is 0.0853. The number of likely N-dealkylation sites (tertiary alicyclic amines) is 1. The predicted molar refractivity (Wildman–Crippen MR) is 69.7 cm³/mol. The second-order valence-electron chi connectivity index (χ2n) is 5.56. The molecule has 2 rings (SSSR count). The summed E-state index contributed by atoms with van der Waals surface area (Å²) in [7, 11) is 0. The number of rotatable bonds is 3. The highest BCUT2D eigenvalue weighted by Gasteiger charge is 2.36. The number of hydrogen-bond donors (Lipinski definition) is 1. The van der Waals surface area contributed by atoms with E-state index in [0.29, 0.717) is 5.41 Å². The molecule has 0 radical (unpaired) electrons. The molecular formula is C13H25NS. The van der Waals surface area contributed by atoms with E-state index in [1.807, 2.05) is 0 Å². The normalized spacial score (nSPS) is 27.8. The molecule has 2 fully saturated rings. The van der Waals surface area contributed by atoms with Crippen LogP contribution in [0.3, 0.4) is 0 Å². The van der Waals surface area contributed by atoms with Crippen LogP contribution in [0.5, 0.6) is 0 Å². The molecule has 0 aromatic rings. The standard InChI is InChI=1S/C13H25NS/c15-12-13(7-6-8-13)11-14-9-4-2-1-3-5-10-14/h15H,1-12H2. The molecule has 0 N–H and O–H groups in total. The van der Waals surface area contributed by atoms with E-state index in [0.717, 1.165) is 5.75 Å². The van der Waals surface area contributed by atoms with Crippen molar-refractivity contribution in [1.29, 1.82) is 0 Å². The molecule has 2 aliphatic rings. The molecule has 0 aromatic heterocycles. The van der Waals surface area contributed by atoms with Gasteiger partial charge in [0.1, 0.15) is 0 Å². The topological polar surface area (TPSA) is 3.24 Å². The summed E-state index contributed by atoms with van der Waals surface area (Å²) in [6, 6.07) is 0. The maximum absolute atomic E-state index is 4.55. The fourth-order valence-corrected chi connectivity index (χ4v) is 3.40. The predicted octanol–water partition coefficient (Wildman–Crippen LogP) is 3.35. The average Bonchev–Trinajstić information content (AvgIpc) is 2.14. The first-order valence-corrected chi connectivity index (χ1v) is 7.31. The van der Waals surface area contributed by atoms with E-state index in [1.54, 1.807) is 0 Å². The third-order valence-electron chi connectivity index (χ3n) is 4.26.